The molecule has 5 rings (SSSR count). The van der Waals surface area contributed by atoms with E-state index >= 15 is 0 Å². The first kappa shape index (κ1) is 22.7. The van der Waals surface area contributed by atoms with Crippen molar-refractivity contribution in [3.05, 3.63) is 110 Å². The topological polar surface area (TPSA) is 92.9 Å². The van der Waals surface area contributed by atoms with Crippen LogP contribution in [0.1, 0.15) is 29.5 Å². The minimum atomic E-state index is -1.95. The van der Waals surface area contributed by atoms with Crippen LogP contribution in [0.25, 0.3) is 0 Å². The van der Waals surface area contributed by atoms with Crippen molar-refractivity contribution in [3.8, 4) is 0 Å². The molecule has 1 spiro atoms. The van der Waals surface area contributed by atoms with Crippen LogP contribution in [-0.2, 0) is 21.7 Å². The second kappa shape index (κ2) is 8.61. The number of ether oxygens (including phenoxy) is 1. The summed E-state index contributed by atoms with van der Waals surface area (Å²) in [6, 6.07) is 22.2. The Bertz CT molecular complexity index is 1250. The van der Waals surface area contributed by atoms with E-state index in [2.05, 4.69) is 15.9 Å². The summed E-state index contributed by atoms with van der Waals surface area (Å²) in [6.45, 7) is 1.95. The second-order valence-electron chi connectivity index (χ2n) is 8.81. The van der Waals surface area contributed by atoms with Gasteiger partial charge in [-0.25, -0.2) is 0 Å². The quantitative estimate of drug-likeness (QED) is 0.399. The van der Waals surface area contributed by atoms with Gasteiger partial charge >= 0.3 is 0 Å². The third-order valence-corrected chi connectivity index (χ3v) is 7.37. The van der Waals surface area contributed by atoms with Gasteiger partial charge in [0.25, 0.3) is 11.9 Å². The number of aliphatic hydroxyl groups excluding tert-OH is 1. The predicted molar refractivity (Wildman–Crippen MR) is 130 cm³/mol. The summed E-state index contributed by atoms with van der Waals surface area (Å²) in [4.78, 5) is 28.0. The molecule has 1 N–H and O–H groups in total. The predicted octanol–water partition coefficient (Wildman–Crippen LogP) is 4.61. The van der Waals surface area contributed by atoms with Crippen LogP contribution in [0.5, 0.6) is 0 Å². The Kier molecular flexibility index (Phi) is 5.75. The van der Waals surface area contributed by atoms with Crippen LogP contribution in [0.2, 0.25) is 0 Å². The third kappa shape index (κ3) is 3.45. The zero-order valence-electron chi connectivity index (χ0n) is 18.4. The largest absolute Gasteiger partial charge is 0.368 e. The molecule has 2 heterocycles. The van der Waals surface area contributed by atoms with Crippen molar-refractivity contribution in [2.24, 2.45) is 5.92 Å². The van der Waals surface area contributed by atoms with E-state index in [1.165, 1.54) is 4.90 Å². The fourth-order valence-electron chi connectivity index (χ4n) is 5.34. The van der Waals surface area contributed by atoms with Crippen LogP contribution in [-0.4, -0.2) is 28.3 Å². The molecule has 0 aromatic heterocycles. The minimum Gasteiger partial charge on any atom is -0.368 e. The van der Waals surface area contributed by atoms with Gasteiger partial charge in [-0.15, -0.1) is 0 Å². The van der Waals surface area contributed by atoms with E-state index in [0.29, 0.717) is 16.8 Å². The molecule has 3 aromatic carbocycles. The standard InChI is InChI=1S/C26H23BrN2O5/c1-16-22(18-10-7-11-19(27)14-18)23(29(32)33)26(34-24(16)30)20-12-5-6-13-21(20)28(25(26)31)15-17-8-3-2-4-9-17/h2-14,16,22-24,30H,15H2,1H3/t16-,22+,23+,24?,26-/m1/s1. The highest BCUT2D eigenvalue weighted by molar-refractivity contribution is 9.10. The van der Waals surface area contributed by atoms with Crippen LogP contribution in [0.4, 0.5) is 5.69 Å². The van der Waals surface area contributed by atoms with Crippen molar-refractivity contribution < 1.29 is 19.6 Å². The normalized spacial score (nSPS) is 28.2. The van der Waals surface area contributed by atoms with Gasteiger partial charge in [0.1, 0.15) is 0 Å². The molecule has 8 heteroatoms. The molecule has 0 radical (unpaired) electrons. The van der Waals surface area contributed by atoms with Crippen LogP contribution in [0.15, 0.2) is 83.3 Å². The van der Waals surface area contributed by atoms with Gasteiger partial charge in [-0.2, -0.15) is 0 Å². The molecule has 3 aromatic rings. The molecule has 0 bridgehead atoms. The van der Waals surface area contributed by atoms with E-state index in [9.17, 15) is 20.0 Å². The summed E-state index contributed by atoms with van der Waals surface area (Å²) < 4.78 is 6.78. The molecule has 34 heavy (non-hydrogen) atoms. The summed E-state index contributed by atoms with van der Waals surface area (Å²) in [5, 5.41) is 23.7. The Hall–Kier alpha value is -3.07. The number of benzene rings is 3. The number of halogens is 1. The van der Waals surface area contributed by atoms with E-state index in [-0.39, 0.29) is 6.54 Å². The number of carbonyl (C=O) groups is 1. The van der Waals surface area contributed by atoms with E-state index in [0.717, 1.165) is 10.0 Å². The number of hydrogen-bond donors (Lipinski definition) is 1. The van der Waals surface area contributed by atoms with Gasteiger partial charge in [0.2, 0.25) is 5.60 Å². The zero-order chi connectivity index (χ0) is 24.0. The summed E-state index contributed by atoms with van der Waals surface area (Å²) in [5.74, 6) is -1.91. The van der Waals surface area contributed by atoms with Crippen LogP contribution in [0.3, 0.4) is 0 Å². The van der Waals surface area contributed by atoms with E-state index < -0.39 is 40.6 Å². The highest BCUT2D eigenvalue weighted by Gasteiger charge is 2.69. The van der Waals surface area contributed by atoms with Crippen LogP contribution < -0.4 is 4.90 Å². The van der Waals surface area contributed by atoms with Gasteiger partial charge in [0.05, 0.1) is 18.2 Å². The Morgan fingerprint density at radius 2 is 1.79 bits per heavy atom. The summed E-state index contributed by atoms with van der Waals surface area (Å²) in [5.41, 5.74) is 0.556. The van der Waals surface area contributed by atoms with Crippen molar-refractivity contribution in [1.29, 1.82) is 0 Å². The molecule has 7 nitrogen and oxygen atoms in total. The number of rotatable bonds is 4. The first-order chi connectivity index (χ1) is 16.3. The fourth-order valence-corrected chi connectivity index (χ4v) is 5.75. The fraction of sp³-hybridized carbons (Fsp3) is 0.269. The maximum atomic E-state index is 14.1. The Labute approximate surface area is 205 Å². The first-order valence-corrected chi connectivity index (χ1v) is 11.8. The molecule has 0 saturated carbocycles. The average molecular weight is 523 g/mol. The molecule has 2 aliphatic rings. The number of aliphatic hydroxyl groups is 1. The number of hydrogen-bond acceptors (Lipinski definition) is 5. The van der Waals surface area contributed by atoms with Crippen LogP contribution in [0, 0.1) is 16.0 Å². The molecule has 1 unspecified atom stereocenters. The Balaban J connectivity index is 1.70. The summed E-state index contributed by atoms with van der Waals surface area (Å²) in [6.07, 6.45) is -1.37. The number of fused-ring (bicyclic) bond motifs is 2. The maximum absolute atomic E-state index is 14.1. The van der Waals surface area contributed by atoms with Gasteiger partial charge in [0.15, 0.2) is 6.29 Å². The smallest absolute Gasteiger partial charge is 0.271 e. The van der Waals surface area contributed by atoms with Crippen molar-refractivity contribution in [3.63, 3.8) is 0 Å². The number of para-hydroxylation sites is 1. The Morgan fingerprint density at radius 1 is 1.09 bits per heavy atom. The lowest BCUT2D eigenvalue weighted by Gasteiger charge is -2.45. The molecule has 0 aliphatic carbocycles. The van der Waals surface area contributed by atoms with Crippen molar-refractivity contribution in [2.75, 3.05) is 4.90 Å². The summed E-state index contributed by atoms with van der Waals surface area (Å²) in [7, 11) is 0. The molecule has 2 aliphatic heterocycles. The number of anilines is 1. The molecule has 1 amide bonds. The van der Waals surface area contributed by atoms with Crippen molar-refractivity contribution in [2.45, 2.75) is 37.3 Å². The lowest BCUT2D eigenvalue weighted by molar-refractivity contribution is -0.563. The Morgan fingerprint density at radius 3 is 2.50 bits per heavy atom. The summed E-state index contributed by atoms with van der Waals surface area (Å²) >= 11 is 3.44. The van der Waals surface area contributed by atoms with Gasteiger partial charge in [0, 0.05) is 20.9 Å². The SMILES string of the molecule is C[C@H]1C(O)O[C@@]2(C(=O)N(Cc3ccccc3)c3ccccc32)[C@@H]([N+](=O)[O-])[C@@H]1c1cccc(Br)c1. The number of amides is 1. The van der Waals surface area contributed by atoms with Crippen molar-refractivity contribution >= 4 is 27.5 Å². The molecular formula is C26H23BrN2O5. The highest BCUT2D eigenvalue weighted by Crippen LogP contribution is 2.55. The van der Waals surface area contributed by atoms with E-state index in [1.807, 2.05) is 36.4 Å². The molecule has 5 atom stereocenters. The second-order valence-corrected chi connectivity index (χ2v) is 9.72. The molecular weight excluding hydrogens is 500 g/mol. The monoisotopic (exact) mass is 522 g/mol. The zero-order valence-corrected chi connectivity index (χ0v) is 20.0. The lowest BCUT2D eigenvalue weighted by atomic mass is 9.70. The molecule has 1 saturated heterocycles. The van der Waals surface area contributed by atoms with Crippen LogP contribution >= 0.6 is 15.9 Å². The van der Waals surface area contributed by atoms with E-state index in [4.69, 9.17) is 4.74 Å². The number of nitro groups is 1. The minimum absolute atomic E-state index is 0.236. The van der Waals surface area contributed by atoms with Gasteiger partial charge < -0.3 is 14.7 Å². The first-order valence-electron chi connectivity index (χ1n) is 11.0. The molecule has 1 fully saturated rings. The van der Waals surface area contributed by atoms with E-state index in [1.54, 1.807) is 49.4 Å². The van der Waals surface area contributed by atoms with Gasteiger partial charge in [-0.1, -0.05) is 83.5 Å². The highest BCUT2D eigenvalue weighted by atomic mass is 79.9. The van der Waals surface area contributed by atoms with Gasteiger partial charge in [-0.05, 0) is 29.3 Å². The van der Waals surface area contributed by atoms with Gasteiger partial charge in [-0.3, -0.25) is 14.9 Å². The maximum Gasteiger partial charge on any atom is 0.271 e. The van der Waals surface area contributed by atoms with Crippen molar-refractivity contribution in [1.82, 2.24) is 0 Å². The average Bonchev–Trinajstić information content (AvgIpc) is 3.05. The lowest BCUT2D eigenvalue weighted by Crippen LogP contribution is -2.62. The number of nitrogens with zero attached hydrogens (tertiary/aromatic N) is 2. The number of carbonyl (C=O) groups excluding carboxylic acids is 1. The molecule has 174 valence electrons. The third-order valence-electron chi connectivity index (χ3n) is 6.88.